The Labute approximate surface area is 196 Å². The number of hydrogen-bond acceptors (Lipinski definition) is 6. The summed E-state index contributed by atoms with van der Waals surface area (Å²) in [6.45, 7) is 11.7. The molecule has 1 amide bonds. The predicted octanol–water partition coefficient (Wildman–Crippen LogP) is 2.46. The maximum absolute atomic E-state index is 11.6. The molecular formula is C25H38N2O6. The lowest BCUT2D eigenvalue weighted by Crippen LogP contribution is -2.63. The maximum Gasteiger partial charge on any atom is 0.341 e. The molecule has 3 rings (SSSR count). The topological polar surface area (TPSA) is 108 Å². The van der Waals surface area contributed by atoms with Crippen LogP contribution >= 0.6 is 0 Å². The minimum absolute atomic E-state index is 0.0301. The molecule has 8 nitrogen and oxygen atoms in total. The van der Waals surface area contributed by atoms with Crippen molar-refractivity contribution in [3.8, 4) is 5.75 Å². The van der Waals surface area contributed by atoms with Gasteiger partial charge in [0.25, 0.3) is 0 Å². The number of ether oxygens (including phenoxy) is 2. The van der Waals surface area contributed by atoms with E-state index in [1.807, 2.05) is 12.1 Å². The Morgan fingerprint density at radius 2 is 1.94 bits per heavy atom. The van der Waals surface area contributed by atoms with Crippen LogP contribution in [0.25, 0.3) is 0 Å². The number of piperidine rings is 1. The summed E-state index contributed by atoms with van der Waals surface area (Å²) in [6.07, 6.45) is 2.17. The quantitative estimate of drug-likeness (QED) is 0.596. The normalized spacial score (nSPS) is 25.6. The second-order valence-electron chi connectivity index (χ2n) is 10.8. The van der Waals surface area contributed by atoms with Crippen LogP contribution in [0.15, 0.2) is 18.2 Å². The van der Waals surface area contributed by atoms with Gasteiger partial charge in [0.1, 0.15) is 11.4 Å². The number of carbonyl (C=O) groups excluding carboxylic acids is 1. The Morgan fingerprint density at radius 3 is 2.52 bits per heavy atom. The second-order valence-corrected chi connectivity index (χ2v) is 10.8. The van der Waals surface area contributed by atoms with Crippen molar-refractivity contribution in [1.82, 2.24) is 10.2 Å². The summed E-state index contributed by atoms with van der Waals surface area (Å²) in [4.78, 5) is 25.0. The summed E-state index contributed by atoms with van der Waals surface area (Å²) >= 11 is 0. The van der Waals surface area contributed by atoms with Crippen molar-refractivity contribution in [3.05, 3.63) is 29.3 Å². The molecule has 2 heterocycles. The lowest BCUT2D eigenvalue weighted by Gasteiger charge is -2.50. The zero-order valence-corrected chi connectivity index (χ0v) is 20.4. The lowest BCUT2D eigenvalue weighted by atomic mass is 9.77. The molecule has 0 aromatic heterocycles. The third-order valence-corrected chi connectivity index (χ3v) is 6.81. The molecule has 0 saturated carbocycles. The molecule has 0 radical (unpaired) electrons. The van der Waals surface area contributed by atoms with Crippen LogP contribution in [0, 0.1) is 0 Å². The Bertz CT molecular complexity index is 868. The molecule has 0 unspecified atom stereocenters. The number of nitrogens with one attached hydrogen (secondary N) is 1. The van der Waals surface area contributed by atoms with E-state index in [0.717, 1.165) is 31.5 Å². The molecule has 184 valence electrons. The smallest absolute Gasteiger partial charge is 0.341 e. The van der Waals surface area contributed by atoms with Gasteiger partial charge in [-0.2, -0.15) is 0 Å². The number of nitrogens with zero attached hydrogens (tertiary/aromatic N) is 1. The zero-order chi connectivity index (χ0) is 24.4. The monoisotopic (exact) mass is 462 g/mol. The number of carbonyl (C=O) groups is 2. The molecule has 2 aliphatic heterocycles. The largest absolute Gasteiger partial charge is 0.482 e. The van der Waals surface area contributed by atoms with Crippen LogP contribution in [0.4, 0.5) is 0 Å². The van der Waals surface area contributed by atoms with E-state index in [4.69, 9.17) is 14.6 Å². The lowest BCUT2D eigenvalue weighted by molar-refractivity contribution is -0.193. The molecule has 1 spiro atoms. The van der Waals surface area contributed by atoms with Gasteiger partial charge in [0, 0.05) is 32.1 Å². The first-order valence-electron chi connectivity index (χ1n) is 11.6. The summed E-state index contributed by atoms with van der Waals surface area (Å²) < 4.78 is 11.7. The van der Waals surface area contributed by atoms with E-state index >= 15 is 0 Å². The van der Waals surface area contributed by atoms with Gasteiger partial charge < -0.3 is 25.0 Å². The van der Waals surface area contributed by atoms with Crippen LogP contribution < -0.4 is 10.1 Å². The average molecular weight is 463 g/mol. The van der Waals surface area contributed by atoms with Crippen molar-refractivity contribution in [2.75, 3.05) is 26.3 Å². The molecule has 0 bridgehead atoms. The van der Waals surface area contributed by atoms with Crippen LogP contribution in [0.5, 0.6) is 5.75 Å². The fraction of sp³-hybridized carbons (Fsp3) is 0.680. The van der Waals surface area contributed by atoms with E-state index < -0.39 is 11.6 Å². The van der Waals surface area contributed by atoms with Gasteiger partial charge in [-0.15, -0.1) is 0 Å². The van der Waals surface area contributed by atoms with Gasteiger partial charge in [-0.25, -0.2) is 4.79 Å². The van der Waals surface area contributed by atoms with Crippen LogP contribution in [0.3, 0.4) is 0 Å². The summed E-state index contributed by atoms with van der Waals surface area (Å²) in [7, 11) is 0. The van der Waals surface area contributed by atoms with Gasteiger partial charge in [-0.3, -0.25) is 9.69 Å². The third-order valence-electron chi connectivity index (χ3n) is 6.81. The van der Waals surface area contributed by atoms with E-state index in [1.54, 1.807) is 6.92 Å². The molecule has 1 aromatic rings. The van der Waals surface area contributed by atoms with Crippen molar-refractivity contribution in [3.63, 3.8) is 0 Å². The number of aliphatic hydroxyl groups is 1. The Kier molecular flexibility index (Phi) is 7.41. The van der Waals surface area contributed by atoms with Crippen molar-refractivity contribution in [2.45, 2.75) is 83.1 Å². The van der Waals surface area contributed by atoms with Crippen LogP contribution in [-0.4, -0.2) is 70.5 Å². The highest BCUT2D eigenvalue weighted by atomic mass is 16.5. The first kappa shape index (κ1) is 25.5. The Balaban J connectivity index is 1.70. The van der Waals surface area contributed by atoms with Crippen molar-refractivity contribution < 1.29 is 29.3 Å². The molecule has 33 heavy (non-hydrogen) atoms. The Hall–Kier alpha value is -2.16. The number of rotatable bonds is 6. The molecule has 2 aliphatic rings. The van der Waals surface area contributed by atoms with Crippen LogP contribution in [0.2, 0.25) is 0 Å². The number of hydrogen-bond donors (Lipinski definition) is 3. The molecule has 0 aliphatic carbocycles. The van der Waals surface area contributed by atoms with Crippen molar-refractivity contribution in [2.24, 2.45) is 0 Å². The van der Waals surface area contributed by atoms with Crippen LogP contribution in [0.1, 0.15) is 65.0 Å². The molecule has 8 heteroatoms. The number of aliphatic carboxylic acids is 1. The number of benzene rings is 1. The molecule has 1 aromatic carbocycles. The van der Waals surface area contributed by atoms with Gasteiger partial charge in [0.05, 0.1) is 18.2 Å². The van der Waals surface area contributed by atoms with Crippen molar-refractivity contribution in [1.29, 1.82) is 0 Å². The molecule has 3 N–H and O–H groups in total. The third kappa shape index (κ3) is 6.46. The highest BCUT2D eigenvalue weighted by molar-refractivity contribution is 5.73. The summed E-state index contributed by atoms with van der Waals surface area (Å²) in [5.41, 5.74) is 0.671. The molecule has 2 atom stereocenters. The van der Waals surface area contributed by atoms with Gasteiger partial charge >= 0.3 is 5.97 Å². The van der Waals surface area contributed by atoms with Gasteiger partial charge in [-0.1, -0.05) is 32.9 Å². The highest BCUT2D eigenvalue weighted by Crippen LogP contribution is 2.39. The fourth-order valence-electron chi connectivity index (χ4n) is 4.66. The SMILES string of the molecule is CC(=O)N[C@H]1CC2(CCN(Cc3cc(C(C)(C)C)ccc3OCC(=O)O)CC2)OC[C@]1(C)O. The fourth-order valence-corrected chi connectivity index (χ4v) is 4.66. The summed E-state index contributed by atoms with van der Waals surface area (Å²) in [6, 6.07) is 5.64. The van der Waals surface area contributed by atoms with Crippen molar-refractivity contribution >= 4 is 11.9 Å². The number of carboxylic acids is 1. The average Bonchev–Trinajstić information content (AvgIpc) is 2.71. The number of amides is 1. The highest BCUT2D eigenvalue weighted by Gasteiger charge is 2.48. The van der Waals surface area contributed by atoms with Gasteiger partial charge in [0.2, 0.25) is 5.91 Å². The number of likely N-dealkylation sites (tertiary alicyclic amines) is 1. The minimum Gasteiger partial charge on any atom is -0.482 e. The standard InChI is InChI=1S/C25H38N2O6/c1-17(28)26-21-13-25(33-16-24(21,5)31)8-10-27(11-9-25)14-18-12-19(23(2,3)4)6-7-20(18)32-15-22(29)30/h6-7,12,21,31H,8-11,13-16H2,1-5H3,(H,26,28)(H,29,30)/t21-,24-/m0/s1. The van der Waals surface area contributed by atoms with E-state index in [1.165, 1.54) is 12.5 Å². The Morgan fingerprint density at radius 1 is 1.27 bits per heavy atom. The molecular weight excluding hydrogens is 424 g/mol. The minimum atomic E-state index is -1.09. The van der Waals surface area contributed by atoms with E-state index in [9.17, 15) is 14.7 Å². The summed E-state index contributed by atoms with van der Waals surface area (Å²) in [5.74, 6) is -0.552. The van der Waals surface area contributed by atoms with E-state index in [2.05, 4.69) is 37.1 Å². The first-order valence-corrected chi connectivity index (χ1v) is 11.6. The second kappa shape index (κ2) is 9.60. The van der Waals surface area contributed by atoms with Crippen LogP contribution in [-0.2, 0) is 26.3 Å². The van der Waals surface area contributed by atoms with Gasteiger partial charge in [0.15, 0.2) is 6.61 Å². The van der Waals surface area contributed by atoms with E-state index in [-0.39, 0.29) is 36.2 Å². The molecule has 2 fully saturated rings. The van der Waals surface area contributed by atoms with E-state index in [0.29, 0.717) is 18.7 Å². The number of carboxylic acid groups (broad SMARTS) is 1. The summed E-state index contributed by atoms with van der Waals surface area (Å²) in [5, 5.41) is 22.6. The maximum atomic E-state index is 11.6. The molecule has 2 saturated heterocycles. The van der Waals surface area contributed by atoms with Gasteiger partial charge in [-0.05, 0) is 43.2 Å². The first-order chi connectivity index (χ1) is 15.3. The zero-order valence-electron chi connectivity index (χ0n) is 20.4. The predicted molar refractivity (Wildman–Crippen MR) is 124 cm³/mol.